The molecule has 0 spiro atoms. The van der Waals surface area contributed by atoms with Gasteiger partial charge in [0.2, 0.25) is 0 Å². The standard InChI is InChI=1S/C16H15ClN2O/c17-15-10-18-8-7-14(15)16(20)19-9-12-6-5-11-3-1-2-4-13(11)12/h1-4,7-8,10,12H,5-6,9H2,(H,19,20). The number of fused-ring (bicyclic) bond motifs is 1. The van der Waals surface area contributed by atoms with Crippen molar-refractivity contribution in [2.45, 2.75) is 18.8 Å². The lowest BCUT2D eigenvalue weighted by Crippen LogP contribution is -2.28. The van der Waals surface area contributed by atoms with Crippen molar-refractivity contribution in [3.63, 3.8) is 0 Å². The summed E-state index contributed by atoms with van der Waals surface area (Å²) in [5.74, 6) is 0.262. The average Bonchev–Trinajstić information content (AvgIpc) is 2.88. The van der Waals surface area contributed by atoms with Gasteiger partial charge in [0, 0.05) is 24.9 Å². The number of nitrogens with one attached hydrogen (secondary N) is 1. The zero-order valence-corrected chi connectivity index (χ0v) is 11.7. The fourth-order valence-corrected chi connectivity index (χ4v) is 2.93. The van der Waals surface area contributed by atoms with E-state index in [1.165, 1.54) is 17.3 Å². The molecule has 3 rings (SSSR count). The minimum Gasteiger partial charge on any atom is -0.351 e. The van der Waals surface area contributed by atoms with Gasteiger partial charge in [0.25, 0.3) is 5.91 Å². The zero-order valence-electron chi connectivity index (χ0n) is 11.0. The molecule has 1 aliphatic rings. The molecule has 1 amide bonds. The first kappa shape index (κ1) is 13.1. The second kappa shape index (κ2) is 5.63. The van der Waals surface area contributed by atoms with E-state index in [1.54, 1.807) is 12.3 Å². The third-order valence-electron chi connectivity index (χ3n) is 3.78. The van der Waals surface area contributed by atoms with Gasteiger partial charge in [-0.3, -0.25) is 9.78 Å². The Balaban J connectivity index is 1.67. The zero-order chi connectivity index (χ0) is 13.9. The molecule has 102 valence electrons. The van der Waals surface area contributed by atoms with E-state index in [0.717, 1.165) is 12.8 Å². The number of aryl methyl sites for hydroxylation is 1. The van der Waals surface area contributed by atoms with Gasteiger partial charge in [-0.2, -0.15) is 0 Å². The van der Waals surface area contributed by atoms with Crippen LogP contribution < -0.4 is 5.32 Å². The lowest BCUT2D eigenvalue weighted by Gasteiger charge is -2.13. The molecule has 4 heteroatoms. The van der Waals surface area contributed by atoms with Crippen LogP contribution in [0.2, 0.25) is 5.02 Å². The van der Waals surface area contributed by atoms with Gasteiger partial charge in [-0.25, -0.2) is 0 Å². The highest BCUT2D eigenvalue weighted by atomic mass is 35.5. The number of benzene rings is 1. The molecule has 0 fully saturated rings. The summed E-state index contributed by atoms with van der Waals surface area (Å²) >= 11 is 5.97. The van der Waals surface area contributed by atoms with Crippen molar-refractivity contribution >= 4 is 17.5 Å². The molecule has 20 heavy (non-hydrogen) atoms. The number of nitrogens with zero attached hydrogens (tertiary/aromatic N) is 1. The quantitative estimate of drug-likeness (QED) is 0.941. The van der Waals surface area contributed by atoms with Gasteiger partial charge in [0.15, 0.2) is 0 Å². The van der Waals surface area contributed by atoms with Gasteiger partial charge < -0.3 is 5.32 Å². The van der Waals surface area contributed by atoms with Crippen molar-refractivity contribution in [3.8, 4) is 0 Å². The van der Waals surface area contributed by atoms with Crippen LogP contribution in [0.5, 0.6) is 0 Å². The topological polar surface area (TPSA) is 42.0 Å². The molecule has 1 aliphatic carbocycles. The van der Waals surface area contributed by atoms with Gasteiger partial charge in [-0.15, -0.1) is 0 Å². The average molecular weight is 287 g/mol. The number of hydrogen-bond acceptors (Lipinski definition) is 2. The van der Waals surface area contributed by atoms with Crippen LogP contribution in [0.15, 0.2) is 42.7 Å². The van der Waals surface area contributed by atoms with E-state index in [1.807, 2.05) is 0 Å². The highest BCUT2D eigenvalue weighted by molar-refractivity contribution is 6.33. The first-order valence-corrected chi connectivity index (χ1v) is 7.09. The van der Waals surface area contributed by atoms with Crippen molar-refractivity contribution in [3.05, 3.63) is 64.4 Å². The van der Waals surface area contributed by atoms with Crippen LogP contribution in [-0.2, 0) is 6.42 Å². The second-order valence-corrected chi connectivity index (χ2v) is 5.41. The molecular weight excluding hydrogens is 272 g/mol. The number of halogens is 1. The second-order valence-electron chi connectivity index (χ2n) is 5.00. The molecule has 1 aromatic heterocycles. The summed E-state index contributed by atoms with van der Waals surface area (Å²) < 4.78 is 0. The van der Waals surface area contributed by atoms with E-state index in [9.17, 15) is 4.79 Å². The Hall–Kier alpha value is -1.87. The molecule has 1 aromatic carbocycles. The van der Waals surface area contributed by atoms with Crippen molar-refractivity contribution in [1.82, 2.24) is 10.3 Å². The fourth-order valence-electron chi connectivity index (χ4n) is 2.73. The Bertz CT molecular complexity index is 642. The molecule has 2 aromatic rings. The Morgan fingerprint density at radius 1 is 1.35 bits per heavy atom. The summed E-state index contributed by atoms with van der Waals surface area (Å²) in [7, 11) is 0. The number of carbonyl (C=O) groups is 1. The normalized spacial score (nSPS) is 16.8. The van der Waals surface area contributed by atoms with E-state index >= 15 is 0 Å². The van der Waals surface area contributed by atoms with Crippen LogP contribution in [0.25, 0.3) is 0 Å². The predicted octanol–water partition coefficient (Wildman–Crippen LogP) is 3.19. The summed E-state index contributed by atoms with van der Waals surface area (Å²) in [4.78, 5) is 16.0. The maximum Gasteiger partial charge on any atom is 0.252 e. The van der Waals surface area contributed by atoms with Gasteiger partial charge in [-0.05, 0) is 30.0 Å². The van der Waals surface area contributed by atoms with Crippen molar-refractivity contribution in [2.24, 2.45) is 0 Å². The lowest BCUT2D eigenvalue weighted by atomic mass is 10.0. The highest BCUT2D eigenvalue weighted by Gasteiger charge is 2.22. The molecular formula is C16H15ClN2O. The minimum atomic E-state index is -0.137. The summed E-state index contributed by atoms with van der Waals surface area (Å²) in [6.45, 7) is 0.647. The predicted molar refractivity (Wildman–Crippen MR) is 79.1 cm³/mol. The Morgan fingerprint density at radius 3 is 3.05 bits per heavy atom. The lowest BCUT2D eigenvalue weighted by molar-refractivity contribution is 0.0951. The number of aromatic nitrogens is 1. The molecule has 1 unspecified atom stereocenters. The van der Waals surface area contributed by atoms with Crippen LogP contribution in [-0.4, -0.2) is 17.4 Å². The maximum atomic E-state index is 12.1. The van der Waals surface area contributed by atoms with Crippen LogP contribution in [0.1, 0.15) is 33.8 Å². The molecule has 0 saturated carbocycles. The molecule has 1 atom stereocenters. The van der Waals surface area contributed by atoms with Gasteiger partial charge in [0.1, 0.15) is 0 Å². The van der Waals surface area contributed by atoms with Gasteiger partial charge in [-0.1, -0.05) is 35.9 Å². The number of amides is 1. The summed E-state index contributed by atoms with van der Waals surface area (Å²) in [6.07, 6.45) is 5.24. The first-order chi connectivity index (χ1) is 9.75. The molecule has 3 nitrogen and oxygen atoms in total. The molecule has 0 aliphatic heterocycles. The maximum absolute atomic E-state index is 12.1. The van der Waals surface area contributed by atoms with E-state index < -0.39 is 0 Å². The van der Waals surface area contributed by atoms with Crippen molar-refractivity contribution in [2.75, 3.05) is 6.54 Å². The number of hydrogen-bond donors (Lipinski definition) is 1. The Labute approximate surface area is 123 Å². The largest absolute Gasteiger partial charge is 0.351 e. The van der Waals surface area contributed by atoms with Crippen LogP contribution in [0.4, 0.5) is 0 Å². The SMILES string of the molecule is O=C(NCC1CCc2ccccc21)c1ccncc1Cl. The highest BCUT2D eigenvalue weighted by Crippen LogP contribution is 2.32. The molecule has 1 heterocycles. The third-order valence-corrected chi connectivity index (χ3v) is 4.08. The Kier molecular flexibility index (Phi) is 3.70. The third kappa shape index (κ3) is 2.54. The Morgan fingerprint density at radius 2 is 2.20 bits per heavy atom. The van der Waals surface area contributed by atoms with E-state index in [2.05, 4.69) is 34.6 Å². The number of pyridine rings is 1. The fraction of sp³-hybridized carbons (Fsp3) is 0.250. The number of rotatable bonds is 3. The van der Waals surface area contributed by atoms with Crippen LogP contribution in [0.3, 0.4) is 0 Å². The van der Waals surface area contributed by atoms with Gasteiger partial charge >= 0.3 is 0 Å². The molecule has 1 N–H and O–H groups in total. The monoisotopic (exact) mass is 286 g/mol. The van der Waals surface area contributed by atoms with Crippen LogP contribution in [0, 0.1) is 0 Å². The van der Waals surface area contributed by atoms with E-state index in [4.69, 9.17) is 11.6 Å². The van der Waals surface area contributed by atoms with Crippen molar-refractivity contribution < 1.29 is 4.79 Å². The first-order valence-electron chi connectivity index (χ1n) is 6.71. The molecule has 0 bridgehead atoms. The van der Waals surface area contributed by atoms with Gasteiger partial charge in [0.05, 0.1) is 10.6 Å². The van der Waals surface area contributed by atoms with E-state index in [0.29, 0.717) is 23.0 Å². The van der Waals surface area contributed by atoms with Crippen molar-refractivity contribution in [1.29, 1.82) is 0 Å². The smallest absolute Gasteiger partial charge is 0.252 e. The summed E-state index contributed by atoms with van der Waals surface area (Å²) in [5.41, 5.74) is 3.23. The molecule has 0 radical (unpaired) electrons. The number of carbonyl (C=O) groups excluding carboxylic acids is 1. The molecule has 0 saturated heterocycles. The van der Waals surface area contributed by atoms with E-state index in [-0.39, 0.29) is 5.91 Å². The summed E-state index contributed by atoms with van der Waals surface area (Å²) in [5, 5.41) is 3.36. The van der Waals surface area contributed by atoms with Crippen LogP contribution >= 0.6 is 11.6 Å². The minimum absolute atomic E-state index is 0.137. The summed E-state index contributed by atoms with van der Waals surface area (Å²) in [6, 6.07) is 10.1.